The van der Waals surface area contributed by atoms with Crippen LogP contribution in [0.4, 0.5) is 39.5 Å². The SMILES string of the molecule is COc1c(F)nc(OB(Oc2nc(F)c(OC)c(F)c2F)Oc2nc(F)c(OC)c(F)c2F)c(F)c1F. The third-order valence-electron chi connectivity index (χ3n) is 4.14. The van der Waals surface area contributed by atoms with Gasteiger partial charge in [-0.15, -0.1) is 0 Å². The number of nitrogens with zero attached hydrogens (tertiary/aromatic N) is 3. The van der Waals surface area contributed by atoms with Crippen LogP contribution in [0.1, 0.15) is 0 Å². The normalized spacial score (nSPS) is 10.7. The molecule has 0 aliphatic heterocycles. The quantitative estimate of drug-likeness (QED) is 0.227. The molecule has 198 valence electrons. The van der Waals surface area contributed by atoms with E-state index in [-0.39, 0.29) is 0 Å². The van der Waals surface area contributed by atoms with Crippen molar-refractivity contribution >= 4 is 7.32 Å². The van der Waals surface area contributed by atoms with Gasteiger partial charge < -0.3 is 28.2 Å². The van der Waals surface area contributed by atoms with Crippen molar-refractivity contribution in [2.75, 3.05) is 21.3 Å². The van der Waals surface area contributed by atoms with Crippen LogP contribution in [0.3, 0.4) is 0 Å². The lowest BCUT2D eigenvalue weighted by Gasteiger charge is -2.17. The standard InChI is InChI=1S/C18H9BF9N3O6/c1-32-10-4(20)7(23)16(29-13(10)26)35-19(36-17-8(24)5(21)11(33-2)14(27)30-17)37-18-9(25)6(22)12(34-3)15(28)31-18/h1-3H3. The summed E-state index contributed by atoms with van der Waals surface area (Å²) >= 11 is 0. The Morgan fingerprint density at radius 2 is 0.676 bits per heavy atom. The smallest absolute Gasteiger partial charge is 0.490 e. The van der Waals surface area contributed by atoms with E-state index < -0.39 is 95.0 Å². The van der Waals surface area contributed by atoms with E-state index in [1.807, 2.05) is 0 Å². The first-order valence-corrected chi connectivity index (χ1v) is 9.20. The van der Waals surface area contributed by atoms with Gasteiger partial charge in [-0.05, 0) is 0 Å². The van der Waals surface area contributed by atoms with Gasteiger partial charge in [0, 0.05) is 0 Å². The highest BCUT2D eigenvalue weighted by Gasteiger charge is 2.39. The topological polar surface area (TPSA) is 94.1 Å². The van der Waals surface area contributed by atoms with Crippen LogP contribution in [-0.2, 0) is 0 Å². The highest BCUT2D eigenvalue weighted by Crippen LogP contribution is 2.32. The minimum Gasteiger partial charge on any atom is -0.490 e. The van der Waals surface area contributed by atoms with Crippen molar-refractivity contribution < 1.29 is 67.7 Å². The Morgan fingerprint density at radius 1 is 0.432 bits per heavy atom. The minimum atomic E-state index is -2.96. The zero-order chi connectivity index (χ0) is 27.6. The molecule has 0 amide bonds. The van der Waals surface area contributed by atoms with E-state index in [0.717, 1.165) is 21.3 Å². The molecule has 3 heterocycles. The second kappa shape index (κ2) is 10.7. The molecule has 0 atom stereocenters. The summed E-state index contributed by atoms with van der Waals surface area (Å²) in [6, 6.07) is 0. The lowest BCUT2D eigenvalue weighted by molar-refractivity contribution is 0.249. The second-order valence-electron chi connectivity index (χ2n) is 6.25. The van der Waals surface area contributed by atoms with Gasteiger partial charge in [0.05, 0.1) is 21.3 Å². The molecule has 9 nitrogen and oxygen atoms in total. The molecule has 0 fully saturated rings. The molecule has 0 unspecified atom stereocenters. The Morgan fingerprint density at radius 3 is 0.892 bits per heavy atom. The molecule has 0 aliphatic rings. The Balaban J connectivity index is 2.10. The van der Waals surface area contributed by atoms with Crippen LogP contribution in [-0.4, -0.2) is 43.6 Å². The molecule has 37 heavy (non-hydrogen) atoms. The van der Waals surface area contributed by atoms with Crippen molar-refractivity contribution in [3.8, 4) is 34.9 Å². The summed E-state index contributed by atoms with van der Waals surface area (Å²) in [5.74, 6) is -26.7. The van der Waals surface area contributed by atoms with E-state index in [2.05, 4.69) is 43.1 Å². The summed E-state index contributed by atoms with van der Waals surface area (Å²) in [6.07, 6.45) is 0. The molecule has 3 rings (SSSR count). The van der Waals surface area contributed by atoms with Gasteiger partial charge in [0.1, 0.15) is 0 Å². The average molecular weight is 545 g/mol. The Bertz CT molecular complexity index is 1190. The van der Waals surface area contributed by atoms with Crippen molar-refractivity contribution in [1.82, 2.24) is 15.0 Å². The third-order valence-corrected chi connectivity index (χ3v) is 4.14. The summed E-state index contributed by atoms with van der Waals surface area (Å²) in [7, 11) is -0.709. The van der Waals surface area contributed by atoms with Crippen molar-refractivity contribution in [2.24, 2.45) is 0 Å². The van der Waals surface area contributed by atoms with Gasteiger partial charge in [-0.2, -0.15) is 54.5 Å². The predicted octanol–water partition coefficient (Wildman–Crippen LogP) is 3.67. The molecular weight excluding hydrogens is 536 g/mol. The molecule has 3 aromatic heterocycles. The Kier molecular flexibility index (Phi) is 7.92. The highest BCUT2D eigenvalue weighted by molar-refractivity contribution is 6.39. The number of rotatable bonds is 9. The van der Waals surface area contributed by atoms with Crippen LogP contribution in [0.2, 0.25) is 0 Å². The molecule has 0 aromatic carbocycles. The van der Waals surface area contributed by atoms with Gasteiger partial charge in [0.15, 0.2) is 0 Å². The van der Waals surface area contributed by atoms with Gasteiger partial charge in [0.25, 0.3) is 17.8 Å². The van der Waals surface area contributed by atoms with Crippen LogP contribution in [0, 0.1) is 52.7 Å². The number of methoxy groups -OCH3 is 3. The second-order valence-corrected chi connectivity index (χ2v) is 6.25. The van der Waals surface area contributed by atoms with Crippen LogP contribution in [0.25, 0.3) is 0 Å². The van der Waals surface area contributed by atoms with Crippen LogP contribution in [0.15, 0.2) is 0 Å². The summed E-state index contributed by atoms with van der Waals surface area (Å²) in [5, 5.41) is 0. The summed E-state index contributed by atoms with van der Waals surface area (Å²) in [4.78, 5) is 8.53. The first-order valence-electron chi connectivity index (χ1n) is 9.20. The van der Waals surface area contributed by atoms with Gasteiger partial charge in [-0.3, -0.25) is 0 Å². The van der Waals surface area contributed by atoms with E-state index in [0.29, 0.717) is 0 Å². The molecule has 19 heteroatoms. The molecule has 0 saturated carbocycles. The molecule has 0 saturated heterocycles. The number of hydrogen-bond donors (Lipinski definition) is 0. The first-order chi connectivity index (χ1) is 17.4. The lowest BCUT2D eigenvalue weighted by atomic mass is 10.2. The largest absolute Gasteiger partial charge is 0.867 e. The minimum absolute atomic E-state index is 0.751. The van der Waals surface area contributed by atoms with Gasteiger partial charge in [0.2, 0.25) is 69.8 Å². The molecule has 0 spiro atoms. The zero-order valence-corrected chi connectivity index (χ0v) is 18.3. The van der Waals surface area contributed by atoms with E-state index in [1.54, 1.807) is 0 Å². The molecule has 0 bridgehead atoms. The summed E-state index contributed by atoms with van der Waals surface area (Å²) in [5.41, 5.74) is 0. The maximum Gasteiger partial charge on any atom is 0.867 e. The van der Waals surface area contributed by atoms with Crippen LogP contribution < -0.4 is 28.2 Å². The summed E-state index contributed by atoms with van der Waals surface area (Å²) < 4.78 is 153. The Labute approximate surface area is 199 Å². The number of aromatic nitrogens is 3. The van der Waals surface area contributed by atoms with Gasteiger partial charge in [-0.25, -0.2) is 0 Å². The fraction of sp³-hybridized carbons (Fsp3) is 0.167. The monoisotopic (exact) mass is 545 g/mol. The van der Waals surface area contributed by atoms with E-state index >= 15 is 0 Å². The fourth-order valence-corrected chi connectivity index (χ4v) is 2.52. The van der Waals surface area contributed by atoms with Crippen molar-refractivity contribution in [3.05, 3.63) is 52.7 Å². The molecule has 3 aromatic rings. The molecule has 0 radical (unpaired) electrons. The highest BCUT2D eigenvalue weighted by atomic mass is 19.2. The van der Waals surface area contributed by atoms with Crippen molar-refractivity contribution in [3.63, 3.8) is 0 Å². The van der Waals surface area contributed by atoms with Crippen LogP contribution in [0.5, 0.6) is 34.9 Å². The molecule has 0 aliphatic carbocycles. The fourth-order valence-electron chi connectivity index (χ4n) is 2.52. The van der Waals surface area contributed by atoms with Gasteiger partial charge in [-0.1, -0.05) is 0 Å². The van der Waals surface area contributed by atoms with Crippen molar-refractivity contribution in [2.45, 2.75) is 0 Å². The van der Waals surface area contributed by atoms with Gasteiger partial charge >= 0.3 is 7.32 Å². The number of halogens is 9. The maximum atomic E-state index is 14.3. The van der Waals surface area contributed by atoms with Crippen molar-refractivity contribution in [1.29, 1.82) is 0 Å². The number of ether oxygens (including phenoxy) is 3. The van der Waals surface area contributed by atoms with E-state index in [4.69, 9.17) is 0 Å². The van der Waals surface area contributed by atoms with E-state index in [9.17, 15) is 39.5 Å². The maximum absolute atomic E-state index is 14.3. The zero-order valence-electron chi connectivity index (χ0n) is 18.3. The third kappa shape index (κ3) is 5.14. The number of hydrogen-bond acceptors (Lipinski definition) is 9. The summed E-state index contributed by atoms with van der Waals surface area (Å²) in [6.45, 7) is 0. The Hall–Kier alpha value is -4.32. The van der Waals surface area contributed by atoms with Crippen LogP contribution >= 0.6 is 0 Å². The average Bonchev–Trinajstić information content (AvgIpc) is 2.84. The van der Waals surface area contributed by atoms with E-state index in [1.165, 1.54) is 0 Å². The lowest BCUT2D eigenvalue weighted by Crippen LogP contribution is -2.39. The number of pyridine rings is 3. The molecular formula is C18H9BF9N3O6. The first kappa shape index (κ1) is 27.3. The molecule has 0 N–H and O–H groups in total. The predicted molar refractivity (Wildman–Crippen MR) is 99.6 cm³/mol.